The van der Waals surface area contributed by atoms with E-state index in [-0.39, 0.29) is 11.5 Å². The largest absolute Gasteiger partial charge is 0.467 e. The summed E-state index contributed by atoms with van der Waals surface area (Å²) in [4.78, 5) is 22.9. The van der Waals surface area contributed by atoms with Gasteiger partial charge in [-0.25, -0.2) is 4.79 Å². The van der Waals surface area contributed by atoms with E-state index in [1.807, 2.05) is 30.3 Å². The standard InChI is InChI=1S/C14H17NO4/c1-17-13(16)12-10-14(11-6-3-2-4-7-11)8-5-9-18-15(14)19-12/h2-4,6-7,12H,5,8-10H2,1H3. The number of benzene rings is 1. The SMILES string of the molecule is COC(=O)C1CC2(c3ccccc3)CCCON2O1. The van der Waals surface area contributed by atoms with Crippen LogP contribution in [0.3, 0.4) is 0 Å². The van der Waals surface area contributed by atoms with Gasteiger partial charge in [0.2, 0.25) is 0 Å². The second-order valence-corrected chi connectivity index (χ2v) is 4.91. The van der Waals surface area contributed by atoms with Crippen LogP contribution in [0.15, 0.2) is 30.3 Å². The van der Waals surface area contributed by atoms with Crippen LogP contribution in [0.4, 0.5) is 0 Å². The minimum atomic E-state index is -0.594. The molecule has 5 nitrogen and oxygen atoms in total. The number of carbonyl (C=O) groups is 1. The fraction of sp³-hybridized carbons (Fsp3) is 0.500. The molecule has 0 N–H and O–H groups in total. The molecule has 0 saturated carbocycles. The van der Waals surface area contributed by atoms with Gasteiger partial charge in [-0.05, 0) is 18.4 Å². The maximum Gasteiger partial charge on any atom is 0.337 e. The zero-order valence-corrected chi connectivity index (χ0v) is 10.9. The van der Waals surface area contributed by atoms with Crippen LogP contribution >= 0.6 is 0 Å². The zero-order chi connectivity index (χ0) is 13.3. The fourth-order valence-electron chi connectivity index (χ4n) is 2.87. The van der Waals surface area contributed by atoms with Crippen molar-refractivity contribution < 1.29 is 19.2 Å². The highest BCUT2D eigenvalue weighted by molar-refractivity contribution is 5.75. The van der Waals surface area contributed by atoms with Crippen molar-refractivity contribution in [2.45, 2.75) is 30.9 Å². The van der Waals surface area contributed by atoms with Crippen molar-refractivity contribution in [3.8, 4) is 0 Å². The summed E-state index contributed by atoms with van der Waals surface area (Å²) >= 11 is 0. The first-order valence-electron chi connectivity index (χ1n) is 6.49. The molecule has 2 aliphatic heterocycles. The van der Waals surface area contributed by atoms with Gasteiger partial charge in [-0.3, -0.25) is 9.68 Å². The van der Waals surface area contributed by atoms with E-state index >= 15 is 0 Å². The molecule has 2 unspecified atom stereocenters. The molecule has 2 saturated heterocycles. The first kappa shape index (κ1) is 12.6. The Morgan fingerprint density at radius 3 is 2.95 bits per heavy atom. The Hall–Kier alpha value is -1.43. The Kier molecular flexibility index (Phi) is 3.26. The van der Waals surface area contributed by atoms with E-state index in [4.69, 9.17) is 14.4 Å². The summed E-state index contributed by atoms with van der Waals surface area (Å²) in [6.45, 7) is 0.614. The number of hydroxylamine groups is 2. The Bertz CT molecular complexity index is 464. The molecular weight excluding hydrogens is 246 g/mol. The van der Waals surface area contributed by atoms with E-state index in [2.05, 4.69) is 0 Å². The number of hydrogen-bond acceptors (Lipinski definition) is 5. The minimum Gasteiger partial charge on any atom is -0.467 e. The summed E-state index contributed by atoms with van der Waals surface area (Å²) in [5.74, 6) is -0.353. The molecule has 0 radical (unpaired) electrons. The van der Waals surface area contributed by atoms with Gasteiger partial charge < -0.3 is 4.74 Å². The number of carbonyl (C=O) groups excluding carboxylic acids is 1. The van der Waals surface area contributed by atoms with E-state index in [1.54, 1.807) is 0 Å². The maximum atomic E-state index is 11.7. The lowest BCUT2D eigenvalue weighted by Gasteiger charge is -2.38. The van der Waals surface area contributed by atoms with Crippen molar-refractivity contribution in [2.24, 2.45) is 0 Å². The van der Waals surface area contributed by atoms with Crippen molar-refractivity contribution in [1.29, 1.82) is 0 Å². The van der Waals surface area contributed by atoms with E-state index in [0.717, 1.165) is 18.4 Å². The van der Waals surface area contributed by atoms with Crippen LogP contribution < -0.4 is 0 Å². The third-order valence-corrected chi connectivity index (χ3v) is 3.81. The predicted molar refractivity (Wildman–Crippen MR) is 66.7 cm³/mol. The fourth-order valence-corrected chi connectivity index (χ4v) is 2.87. The number of ether oxygens (including phenoxy) is 1. The molecule has 19 heavy (non-hydrogen) atoms. The molecule has 0 bridgehead atoms. The number of fused-ring (bicyclic) bond motifs is 1. The Labute approximate surface area is 112 Å². The van der Waals surface area contributed by atoms with Gasteiger partial charge in [0.05, 0.1) is 13.7 Å². The summed E-state index contributed by atoms with van der Waals surface area (Å²) in [6, 6.07) is 10.0. The monoisotopic (exact) mass is 263 g/mol. The Morgan fingerprint density at radius 1 is 1.42 bits per heavy atom. The third kappa shape index (κ3) is 2.04. The lowest BCUT2D eigenvalue weighted by atomic mass is 9.81. The molecule has 1 aromatic rings. The normalized spacial score (nSPS) is 30.9. The van der Waals surface area contributed by atoms with Crippen LogP contribution in [0.2, 0.25) is 0 Å². The van der Waals surface area contributed by atoms with Gasteiger partial charge in [0, 0.05) is 6.42 Å². The highest BCUT2D eigenvalue weighted by Gasteiger charge is 2.53. The molecule has 102 valence electrons. The quantitative estimate of drug-likeness (QED) is 0.761. The number of methoxy groups -OCH3 is 1. The molecule has 2 heterocycles. The lowest BCUT2D eigenvalue weighted by Crippen LogP contribution is -2.44. The van der Waals surface area contributed by atoms with Crippen molar-refractivity contribution in [3.05, 3.63) is 35.9 Å². The number of rotatable bonds is 2. The van der Waals surface area contributed by atoms with Gasteiger partial charge in [0.25, 0.3) is 0 Å². The predicted octanol–water partition coefficient (Wildman–Crippen LogP) is 1.79. The first-order chi connectivity index (χ1) is 9.26. The Balaban J connectivity index is 1.94. The van der Waals surface area contributed by atoms with Crippen LogP contribution in [-0.2, 0) is 24.7 Å². The number of esters is 1. The molecule has 2 fully saturated rings. The van der Waals surface area contributed by atoms with E-state index < -0.39 is 6.10 Å². The summed E-state index contributed by atoms with van der Waals surface area (Å²) in [6.07, 6.45) is 1.82. The smallest absolute Gasteiger partial charge is 0.337 e. The van der Waals surface area contributed by atoms with Crippen LogP contribution in [0.5, 0.6) is 0 Å². The van der Waals surface area contributed by atoms with Gasteiger partial charge in [0.15, 0.2) is 6.10 Å². The van der Waals surface area contributed by atoms with Crippen molar-refractivity contribution >= 4 is 5.97 Å². The van der Waals surface area contributed by atoms with Gasteiger partial charge >= 0.3 is 5.97 Å². The molecule has 2 aliphatic rings. The molecule has 3 rings (SSSR count). The Morgan fingerprint density at radius 2 is 2.21 bits per heavy atom. The minimum absolute atomic E-state index is 0.353. The van der Waals surface area contributed by atoms with Crippen LogP contribution in [0.25, 0.3) is 0 Å². The second-order valence-electron chi connectivity index (χ2n) is 4.91. The highest BCUT2D eigenvalue weighted by Crippen LogP contribution is 2.46. The molecule has 0 spiro atoms. The van der Waals surface area contributed by atoms with Gasteiger partial charge in [-0.15, -0.1) is 0 Å². The maximum absolute atomic E-state index is 11.7. The average molecular weight is 263 g/mol. The molecule has 5 heteroatoms. The van der Waals surface area contributed by atoms with E-state index in [9.17, 15) is 4.79 Å². The zero-order valence-electron chi connectivity index (χ0n) is 10.9. The van der Waals surface area contributed by atoms with Crippen LogP contribution in [0, 0.1) is 0 Å². The van der Waals surface area contributed by atoms with Crippen molar-refractivity contribution in [2.75, 3.05) is 13.7 Å². The van der Waals surface area contributed by atoms with Crippen molar-refractivity contribution in [1.82, 2.24) is 5.23 Å². The van der Waals surface area contributed by atoms with E-state index in [1.165, 1.54) is 12.3 Å². The third-order valence-electron chi connectivity index (χ3n) is 3.81. The van der Waals surface area contributed by atoms with Crippen LogP contribution in [0.1, 0.15) is 24.8 Å². The lowest BCUT2D eigenvalue weighted by molar-refractivity contribution is -0.405. The van der Waals surface area contributed by atoms with Gasteiger partial charge in [0.1, 0.15) is 5.54 Å². The molecule has 0 aromatic heterocycles. The highest BCUT2D eigenvalue weighted by atomic mass is 17.0. The number of nitrogens with zero attached hydrogens (tertiary/aromatic N) is 1. The summed E-state index contributed by atoms with van der Waals surface area (Å²) in [5.41, 5.74) is 0.736. The van der Waals surface area contributed by atoms with E-state index in [0.29, 0.717) is 13.0 Å². The summed E-state index contributed by atoms with van der Waals surface area (Å²) in [5, 5.41) is 1.51. The van der Waals surface area contributed by atoms with Crippen LogP contribution in [-0.4, -0.2) is 31.0 Å². The first-order valence-corrected chi connectivity index (χ1v) is 6.49. The average Bonchev–Trinajstić information content (AvgIpc) is 2.88. The molecule has 1 aromatic carbocycles. The molecule has 0 aliphatic carbocycles. The summed E-state index contributed by atoms with van der Waals surface area (Å²) in [7, 11) is 1.37. The molecule has 0 amide bonds. The van der Waals surface area contributed by atoms with Crippen molar-refractivity contribution in [3.63, 3.8) is 0 Å². The topological polar surface area (TPSA) is 48.0 Å². The molecule has 2 atom stereocenters. The van der Waals surface area contributed by atoms with Gasteiger partial charge in [-0.1, -0.05) is 35.6 Å². The summed E-state index contributed by atoms with van der Waals surface area (Å²) < 4.78 is 4.77. The second kappa shape index (κ2) is 4.92. The number of hydrogen-bond donors (Lipinski definition) is 0. The molecular formula is C14H17NO4. The van der Waals surface area contributed by atoms with Gasteiger partial charge in [-0.2, -0.15) is 0 Å².